The summed E-state index contributed by atoms with van der Waals surface area (Å²) in [5.41, 5.74) is 2.42. The first-order valence-electron chi connectivity index (χ1n) is 8.92. The molecule has 2 rings (SSSR count). The largest absolute Gasteiger partial charge is 0.492 e. The topological polar surface area (TPSA) is 63.7 Å². The summed E-state index contributed by atoms with van der Waals surface area (Å²) in [5.74, 6) is 0.426. The third-order valence-electron chi connectivity index (χ3n) is 4.28. The van der Waals surface area contributed by atoms with Crippen LogP contribution in [-0.2, 0) is 9.84 Å². The maximum atomic E-state index is 12.8. The van der Waals surface area contributed by atoms with Crippen molar-refractivity contribution >= 4 is 15.7 Å². The van der Waals surface area contributed by atoms with Gasteiger partial charge in [-0.2, -0.15) is 0 Å². The fraction of sp³-hybridized carbons (Fsp3) is 0.381. The molecule has 2 aromatic carbocycles. The van der Waals surface area contributed by atoms with Gasteiger partial charge in [0.2, 0.25) is 0 Å². The van der Waals surface area contributed by atoms with E-state index in [1.807, 2.05) is 26.0 Å². The summed E-state index contributed by atoms with van der Waals surface area (Å²) in [7, 11) is -1.89. The zero-order valence-electron chi connectivity index (χ0n) is 16.5. The molecule has 0 aliphatic carbocycles. The molecule has 5 nitrogen and oxygen atoms in total. The van der Waals surface area contributed by atoms with Crippen LogP contribution in [0.3, 0.4) is 0 Å². The van der Waals surface area contributed by atoms with Crippen molar-refractivity contribution in [3.8, 4) is 5.75 Å². The molecule has 0 heterocycles. The Kier molecular flexibility index (Phi) is 6.65. The van der Waals surface area contributed by atoms with Crippen LogP contribution in [0.1, 0.15) is 35.3 Å². The van der Waals surface area contributed by atoms with E-state index in [4.69, 9.17) is 4.74 Å². The Bertz CT molecular complexity index is 899. The van der Waals surface area contributed by atoms with Crippen LogP contribution in [0.2, 0.25) is 0 Å². The number of amides is 1. The van der Waals surface area contributed by atoms with E-state index in [2.05, 4.69) is 6.07 Å². The third kappa shape index (κ3) is 5.10. The van der Waals surface area contributed by atoms with E-state index in [0.717, 1.165) is 16.9 Å². The van der Waals surface area contributed by atoms with Crippen molar-refractivity contribution in [3.63, 3.8) is 0 Å². The van der Waals surface area contributed by atoms with Gasteiger partial charge >= 0.3 is 0 Å². The molecule has 0 aliphatic rings. The van der Waals surface area contributed by atoms with Crippen molar-refractivity contribution in [3.05, 3.63) is 59.2 Å². The van der Waals surface area contributed by atoms with Gasteiger partial charge in [0, 0.05) is 7.05 Å². The molecule has 146 valence electrons. The van der Waals surface area contributed by atoms with Gasteiger partial charge in [-0.05, 0) is 63.1 Å². The number of hydrogen-bond acceptors (Lipinski definition) is 4. The summed E-state index contributed by atoms with van der Waals surface area (Å²) in [6.07, 6.45) is 0. The highest BCUT2D eigenvalue weighted by atomic mass is 32.2. The van der Waals surface area contributed by atoms with Gasteiger partial charge in [-0.15, -0.1) is 0 Å². The highest BCUT2D eigenvalue weighted by molar-refractivity contribution is 7.92. The molecule has 0 aromatic heterocycles. The Morgan fingerprint density at radius 2 is 1.67 bits per heavy atom. The van der Waals surface area contributed by atoms with E-state index in [1.165, 1.54) is 11.0 Å². The van der Waals surface area contributed by atoms with E-state index in [9.17, 15) is 13.2 Å². The Labute approximate surface area is 161 Å². The monoisotopic (exact) mass is 389 g/mol. The van der Waals surface area contributed by atoms with Crippen LogP contribution in [0.15, 0.2) is 47.4 Å². The first kappa shape index (κ1) is 21.0. The highest BCUT2D eigenvalue weighted by Gasteiger charge is 2.26. The highest BCUT2D eigenvalue weighted by Crippen LogP contribution is 2.22. The molecule has 0 bridgehead atoms. The summed E-state index contributed by atoms with van der Waals surface area (Å²) in [4.78, 5) is 14.4. The molecular weight excluding hydrogens is 362 g/mol. The Hall–Kier alpha value is -2.34. The van der Waals surface area contributed by atoms with Crippen LogP contribution in [0.25, 0.3) is 0 Å². The molecular formula is C21H27NO4S. The second kappa shape index (κ2) is 8.57. The minimum atomic E-state index is -3.54. The minimum Gasteiger partial charge on any atom is -0.492 e. The van der Waals surface area contributed by atoms with Crippen LogP contribution in [0.4, 0.5) is 0 Å². The van der Waals surface area contributed by atoms with Crippen LogP contribution < -0.4 is 4.74 Å². The number of sulfone groups is 1. The van der Waals surface area contributed by atoms with Crippen LogP contribution >= 0.6 is 0 Å². The second-order valence-corrected chi connectivity index (χ2v) is 9.46. The number of benzene rings is 2. The molecule has 0 saturated heterocycles. The summed E-state index contributed by atoms with van der Waals surface area (Å²) in [5, 5.41) is -0.593. The van der Waals surface area contributed by atoms with Gasteiger partial charge in [-0.1, -0.05) is 18.2 Å². The van der Waals surface area contributed by atoms with E-state index in [0.29, 0.717) is 13.2 Å². The molecule has 0 N–H and O–H groups in total. The number of carbonyl (C=O) groups excluding carboxylic acids is 1. The Balaban J connectivity index is 2.10. The molecule has 6 heteroatoms. The average Bonchev–Trinajstić information content (AvgIpc) is 2.60. The molecule has 0 aliphatic heterocycles. The third-order valence-corrected chi connectivity index (χ3v) is 6.49. The predicted molar refractivity (Wildman–Crippen MR) is 107 cm³/mol. The van der Waals surface area contributed by atoms with Gasteiger partial charge < -0.3 is 9.64 Å². The SMILES string of the molecule is Cc1cc(C)cc(OCCN(C)C(=O)c2ccccc2S(=O)(=O)C(C)C)c1. The normalized spacial score (nSPS) is 11.5. The molecule has 2 aromatic rings. The zero-order chi connectivity index (χ0) is 20.2. The van der Waals surface area contributed by atoms with Crippen molar-refractivity contribution in [1.29, 1.82) is 0 Å². The van der Waals surface area contributed by atoms with Crippen molar-refractivity contribution < 1.29 is 17.9 Å². The molecule has 1 amide bonds. The van der Waals surface area contributed by atoms with E-state index < -0.39 is 15.1 Å². The number of hydrogen-bond donors (Lipinski definition) is 0. The number of rotatable bonds is 7. The Morgan fingerprint density at radius 1 is 1.07 bits per heavy atom. The lowest BCUT2D eigenvalue weighted by Crippen LogP contribution is -2.32. The quantitative estimate of drug-likeness (QED) is 0.725. The van der Waals surface area contributed by atoms with E-state index in [-0.39, 0.29) is 16.4 Å². The van der Waals surface area contributed by atoms with Gasteiger partial charge in [0.15, 0.2) is 9.84 Å². The van der Waals surface area contributed by atoms with Gasteiger partial charge in [-0.3, -0.25) is 4.79 Å². The first-order valence-corrected chi connectivity index (χ1v) is 10.5. The number of nitrogens with zero attached hydrogens (tertiary/aromatic N) is 1. The second-order valence-electron chi connectivity index (χ2n) is 6.99. The number of aryl methyl sites for hydroxylation is 2. The lowest BCUT2D eigenvalue weighted by Gasteiger charge is -2.20. The number of carbonyl (C=O) groups is 1. The molecule has 0 saturated carbocycles. The van der Waals surface area contributed by atoms with E-state index in [1.54, 1.807) is 39.1 Å². The van der Waals surface area contributed by atoms with Gasteiger partial charge in [0.1, 0.15) is 12.4 Å². The minimum absolute atomic E-state index is 0.0760. The summed E-state index contributed by atoms with van der Waals surface area (Å²) in [6.45, 7) is 7.89. The fourth-order valence-electron chi connectivity index (χ4n) is 2.77. The zero-order valence-corrected chi connectivity index (χ0v) is 17.3. The fourth-order valence-corrected chi connectivity index (χ4v) is 4.01. The van der Waals surface area contributed by atoms with Crippen molar-refractivity contribution in [1.82, 2.24) is 4.90 Å². The van der Waals surface area contributed by atoms with E-state index >= 15 is 0 Å². The number of likely N-dealkylation sites (N-methyl/N-ethyl adjacent to an activating group) is 1. The van der Waals surface area contributed by atoms with Crippen LogP contribution in [-0.4, -0.2) is 44.7 Å². The van der Waals surface area contributed by atoms with Crippen molar-refractivity contribution in [2.75, 3.05) is 20.2 Å². The summed E-state index contributed by atoms with van der Waals surface area (Å²) >= 11 is 0. The molecule has 0 unspecified atom stereocenters. The summed E-state index contributed by atoms with van der Waals surface area (Å²) in [6, 6.07) is 12.3. The Morgan fingerprint density at radius 3 is 2.26 bits per heavy atom. The molecule has 0 spiro atoms. The lowest BCUT2D eigenvalue weighted by molar-refractivity contribution is 0.0770. The molecule has 0 fully saturated rings. The van der Waals surface area contributed by atoms with Crippen molar-refractivity contribution in [2.24, 2.45) is 0 Å². The molecule has 27 heavy (non-hydrogen) atoms. The lowest BCUT2D eigenvalue weighted by atomic mass is 10.1. The molecule has 0 radical (unpaired) electrons. The van der Waals surface area contributed by atoms with Gasteiger partial charge in [0.05, 0.1) is 22.3 Å². The standard InChI is InChI=1S/C21H27NO4S/c1-15(2)27(24,25)20-9-7-6-8-19(20)21(23)22(5)10-11-26-18-13-16(3)12-17(4)14-18/h6-9,12-15H,10-11H2,1-5H3. The summed E-state index contributed by atoms with van der Waals surface area (Å²) < 4.78 is 30.8. The maximum Gasteiger partial charge on any atom is 0.255 e. The van der Waals surface area contributed by atoms with Gasteiger partial charge in [0.25, 0.3) is 5.91 Å². The van der Waals surface area contributed by atoms with Gasteiger partial charge in [-0.25, -0.2) is 8.42 Å². The number of ether oxygens (including phenoxy) is 1. The van der Waals surface area contributed by atoms with Crippen LogP contribution in [0, 0.1) is 13.8 Å². The smallest absolute Gasteiger partial charge is 0.255 e. The first-order chi connectivity index (χ1) is 12.6. The molecule has 0 atom stereocenters. The van der Waals surface area contributed by atoms with Crippen molar-refractivity contribution in [2.45, 2.75) is 37.8 Å². The predicted octanol–water partition coefficient (Wildman–Crippen LogP) is 3.64. The van der Waals surface area contributed by atoms with Crippen LogP contribution in [0.5, 0.6) is 5.75 Å². The maximum absolute atomic E-state index is 12.8. The average molecular weight is 390 g/mol.